The highest BCUT2D eigenvalue weighted by Gasteiger charge is 2.14. The van der Waals surface area contributed by atoms with Crippen molar-refractivity contribution in [2.75, 3.05) is 5.32 Å². The summed E-state index contributed by atoms with van der Waals surface area (Å²) < 4.78 is 1.72. The third-order valence-corrected chi connectivity index (χ3v) is 3.02. The van der Waals surface area contributed by atoms with Crippen LogP contribution in [0.3, 0.4) is 0 Å². The van der Waals surface area contributed by atoms with Gasteiger partial charge in [0.15, 0.2) is 5.15 Å². The number of nitrogens with zero attached hydrogens (tertiary/aromatic N) is 2. The molecule has 0 aliphatic heterocycles. The van der Waals surface area contributed by atoms with Gasteiger partial charge in [0, 0.05) is 13.2 Å². The lowest BCUT2D eigenvalue weighted by molar-refractivity contribution is 0.101. The van der Waals surface area contributed by atoms with Gasteiger partial charge < -0.3 is 9.88 Å². The fourth-order valence-electron chi connectivity index (χ4n) is 1.62. The van der Waals surface area contributed by atoms with Gasteiger partial charge in [0.1, 0.15) is 10.8 Å². The van der Waals surface area contributed by atoms with Crippen LogP contribution >= 0.6 is 23.2 Å². The molecule has 2 aromatic heterocycles. The third-order valence-electron chi connectivity index (χ3n) is 2.56. The molecule has 0 bridgehead atoms. The van der Waals surface area contributed by atoms with Crippen LogP contribution in [0.15, 0.2) is 24.4 Å². The van der Waals surface area contributed by atoms with Gasteiger partial charge in [-0.15, -0.1) is 0 Å². The summed E-state index contributed by atoms with van der Waals surface area (Å²) in [5.74, 6) is -0.239. The van der Waals surface area contributed by atoms with Gasteiger partial charge >= 0.3 is 0 Å². The molecular formula is C12H11Cl2N3O. The van der Waals surface area contributed by atoms with Gasteiger partial charge in [0.2, 0.25) is 0 Å². The lowest BCUT2D eigenvalue weighted by Gasteiger charge is -2.10. The molecule has 2 rings (SSSR count). The number of hydrogen-bond donors (Lipinski definition) is 1. The van der Waals surface area contributed by atoms with Crippen molar-refractivity contribution in [2.24, 2.45) is 7.05 Å². The maximum absolute atomic E-state index is 12.0. The molecule has 0 fully saturated rings. The zero-order valence-electron chi connectivity index (χ0n) is 9.87. The zero-order chi connectivity index (χ0) is 13.3. The van der Waals surface area contributed by atoms with E-state index in [1.807, 2.05) is 0 Å². The van der Waals surface area contributed by atoms with E-state index in [-0.39, 0.29) is 11.1 Å². The van der Waals surface area contributed by atoms with Gasteiger partial charge in [-0.25, -0.2) is 4.98 Å². The van der Waals surface area contributed by atoms with Crippen molar-refractivity contribution < 1.29 is 4.79 Å². The molecule has 2 aromatic rings. The van der Waals surface area contributed by atoms with Crippen LogP contribution in [0.2, 0.25) is 10.3 Å². The van der Waals surface area contributed by atoms with Crippen molar-refractivity contribution in [3.05, 3.63) is 46.0 Å². The normalized spacial score (nSPS) is 10.4. The summed E-state index contributed by atoms with van der Waals surface area (Å²) in [6.45, 7) is 1.81. The summed E-state index contributed by atoms with van der Waals surface area (Å²) in [4.78, 5) is 15.9. The average molecular weight is 284 g/mol. The van der Waals surface area contributed by atoms with Crippen molar-refractivity contribution >= 4 is 34.8 Å². The molecule has 0 aliphatic carbocycles. The number of rotatable bonds is 2. The molecule has 18 heavy (non-hydrogen) atoms. The molecule has 4 nitrogen and oxygen atoms in total. The lowest BCUT2D eigenvalue weighted by atomic mass is 10.2. The minimum atomic E-state index is -0.239. The van der Waals surface area contributed by atoms with Crippen molar-refractivity contribution in [3.63, 3.8) is 0 Å². The standard InChI is InChI=1S/C12H11Cl2N3O/c1-7-6-9(13)15-11(14)10(7)16-12(18)8-4-3-5-17(8)2/h3-6H,1-2H3,(H,16,18). The van der Waals surface area contributed by atoms with E-state index in [4.69, 9.17) is 23.2 Å². The van der Waals surface area contributed by atoms with E-state index in [1.54, 1.807) is 42.9 Å². The zero-order valence-corrected chi connectivity index (χ0v) is 11.4. The lowest BCUT2D eigenvalue weighted by Crippen LogP contribution is -2.16. The van der Waals surface area contributed by atoms with E-state index in [0.717, 1.165) is 5.56 Å². The molecular weight excluding hydrogens is 273 g/mol. The van der Waals surface area contributed by atoms with E-state index < -0.39 is 0 Å². The molecule has 0 aromatic carbocycles. The monoisotopic (exact) mass is 283 g/mol. The maximum Gasteiger partial charge on any atom is 0.272 e. The number of carbonyl (C=O) groups excluding carboxylic acids is 1. The first-order valence-electron chi connectivity index (χ1n) is 5.24. The van der Waals surface area contributed by atoms with Gasteiger partial charge in [-0.1, -0.05) is 23.2 Å². The molecule has 0 saturated carbocycles. The predicted octanol–water partition coefficient (Wildman–Crippen LogP) is 3.29. The first-order valence-corrected chi connectivity index (χ1v) is 6.00. The van der Waals surface area contributed by atoms with Gasteiger partial charge in [-0.05, 0) is 30.7 Å². The van der Waals surface area contributed by atoms with Crippen molar-refractivity contribution in [1.29, 1.82) is 0 Å². The molecule has 0 aliphatic rings. The Morgan fingerprint density at radius 2 is 2.17 bits per heavy atom. The molecule has 0 atom stereocenters. The summed E-state index contributed by atoms with van der Waals surface area (Å²) in [7, 11) is 1.80. The fourth-order valence-corrected chi connectivity index (χ4v) is 2.20. The number of aromatic nitrogens is 2. The number of pyridine rings is 1. The van der Waals surface area contributed by atoms with Crippen LogP contribution in [0.1, 0.15) is 16.1 Å². The van der Waals surface area contributed by atoms with E-state index >= 15 is 0 Å². The summed E-state index contributed by atoms with van der Waals surface area (Å²) in [5.41, 5.74) is 1.79. The first-order chi connectivity index (χ1) is 8.49. The molecule has 2 heterocycles. The molecule has 0 spiro atoms. The molecule has 0 unspecified atom stereocenters. The minimum absolute atomic E-state index is 0.183. The summed E-state index contributed by atoms with van der Waals surface area (Å²) >= 11 is 11.7. The highest BCUT2D eigenvalue weighted by molar-refractivity contribution is 6.35. The van der Waals surface area contributed by atoms with Crippen LogP contribution in [0.4, 0.5) is 5.69 Å². The van der Waals surface area contributed by atoms with Crippen LogP contribution in [0.25, 0.3) is 0 Å². The van der Waals surface area contributed by atoms with Gasteiger partial charge in [-0.3, -0.25) is 4.79 Å². The molecule has 1 N–H and O–H groups in total. The molecule has 6 heteroatoms. The Bertz CT molecular complexity index is 584. The minimum Gasteiger partial charge on any atom is -0.347 e. The van der Waals surface area contributed by atoms with Gasteiger partial charge in [-0.2, -0.15) is 0 Å². The molecule has 94 valence electrons. The van der Waals surface area contributed by atoms with E-state index in [0.29, 0.717) is 16.5 Å². The van der Waals surface area contributed by atoms with E-state index in [9.17, 15) is 4.79 Å². The molecule has 1 amide bonds. The number of amides is 1. The Balaban J connectivity index is 2.31. The number of hydrogen-bond acceptors (Lipinski definition) is 2. The number of halogens is 2. The highest BCUT2D eigenvalue weighted by atomic mass is 35.5. The third kappa shape index (κ3) is 2.49. The Morgan fingerprint density at radius 3 is 2.72 bits per heavy atom. The topological polar surface area (TPSA) is 46.9 Å². The van der Waals surface area contributed by atoms with Crippen LogP contribution in [-0.2, 0) is 7.05 Å². The van der Waals surface area contributed by atoms with Crippen LogP contribution in [0, 0.1) is 6.92 Å². The molecule has 0 radical (unpaired) electrons. The van der Waals surface area contributed by atoms with Crippen molar-refractivity contribution in [2.45, 2.75) is 6.92 Å². The Labute approximate surface area is 115 Å². The second kappa shape index (κ2) is 5.00. The Morgan fingerprint density at radius 1 is 1.44 bits per heavy atom. The van der Waals surface area contributed by atoms with Crippen LogP contribution < -0.4 is 5.32 Å². The number of nitrogens with one attached hydrogen (secondary N) is 1. The van der Waals surface area contributed by atoms with Gasteiger partial charge in [0.05, 0.1) is 5.69 Å². The number of carbonyl (C=O) groups is 1. The first kappa shape index (κ1) is 12.9. The smallest absolute Gasteiger partial charge is 0.272 e. The second-order valence-electron chi connectivity index (χ2n) is 3.89. The quantitative estimate of drug-likeness (QED) is 0.860. The summed E-state index contributed by atoms with van der Waals surface area (Å²) in [5, 5.41) is 3.22. The average Bonchev–Trinajstić information content (AvgIpc) is 2.69. The predicted molar refractivity (Wildman–Crippen MR) is 72.4 cm³/mol. The largest absolute Gasteiger partial charge is 0.347 e. The summed E-state index contributed by atoms with van der Waals surface area (Å²) in [6, 6.07) is 5.17. The number of anilines is 1. The highest BCUT2D eigenvalue weighted by Crippen LogP contribution is 2.26. The van der Waals surface area contributed by atoms with Crippen LogP contribution in [-0.4, -0.2) is 15.5 Å². The Hall–Kier alpha value is -1.52. The van der Waals surface area contributed by atoms with Crippen molar-refractivity contribution in [3.8, 4) is 0 Å². The maximum atomic E-state index is 12.0. The summed E-state index contributed by atoms with van der Waals surface area (Å²) in [6.07, 6.45) is 1.80. The van der Waals surface area contributed by atoms with Crippen molar-refractivity contribution in [1.82, 2.24) is 9.55 Å². The van der Waals surface area contributed by atoms with E-state index in [1.165, 1.54) is 0 Å². The number of aryl methyl sites for hydroxylation is 2. The van der Waals surface area contributed by atoms with Crippen LogP contribution in [0.5, 0.6) is 0 Å². The SMILES string of the molecule is Cc1cc(Cl)nc(Cl)c1NC(=O)c1cccn1C. The van der Waals surface area contributed by atoms with E-state index in [2.05, 4.69) is 10.3 Å². The van der Waals surface area contributed by atoms with Gasteiger partial charge in [0.25, 0.3) is 5.91 Å². The fraction of sp³-hybridized carbons (Fsp3) is 0.167. The second-order valence-corrected chi connectivity index (χ2v) is 4.63. The molecule has 0 saturated heterocycles. The Kier molecular flexibility index (Phi) is 3.59.